The van der Waals surface area contributed by atoms with Crippen molar-refractivity contribution < 1.29 is 19.5 Å². The first-order valence-corrected chi connectivity index (χ1v) is 14.1. The second kappa shape index (κ2) is 9.19. The van der Waals surface area contributed by atoms with E-state index >= 15 is 0 Å². The van der Waals surface area contributed by atoms with Gasteiger partial charge in [-0.05, 0) is 31.6 Å². The molecular formula is C28H43N3O4S. The highest BCUT2D eigenvalue weighted by Gasteiger charge is 2.72. The van der Waals surface area contributed by atoms with Crippen molar-refractivity contribution in [3.8, 4) is 0 Å². The van der Waals surface area contributed by atoms with E-state index in [9.17, 15) is 19.5 Å². The van der Waals surface area contributed by atoms with Crippen LogP contribution in [0.25, 0.3) is 0 Å². The van der Waals surface area contributed by atoms with Crippen molar-refractivity contribution in [1.82, 2.24) is 14.7 Å². The van der Waals surface area contributed by atoms with Gasteiger partial charge in [0.15, 0.2) is 0 Å². The number of aliphatic hydroxyl groups excluding tert-OH is 1. The van der Waals surface area contributed by atoms with Gasteiger partial charge in [-0.3, -0.25) is 14.4 Å². The third kappa shape index (κ3) is 4.22. The van der Waals surface area contributed by atoms with E-state index in [0.717, 1.165) is 6.42 Å². The zero-order chi connectivity index (χ0) is 26.8. The predicted octanol–water partition coefficient (Wildman–Crippen LogP) is 2.94. The lowest BCUT2D eigenvalue weighted by Crippen LogP contribution is -2.61. The van der Waals surface area contributed by atoms with Gasteiger partial charge in [-0.25, -0.2) is 0 Å². The maximum absolute atomic E-state index is 14.6. The number of likely N-dealkylation sites (N-methyl/N-ethyl adjacent to an activating group) is 1. The molecule has 1 unspecified atom stereocenters. The molecule has 2 fully saturated rings. The Bertz CT molecular complexity index is 984. The highest BCUT2D eigenvalue weighted by molar-refractivity contribution is 8.02. The zero-order valence-electron chi connectivity index (χ0n) is 23.0. The van der Waals surface area contributed by atoms with Gasteiger partial charge in [0.2, 0.25) is 17.7 Å². The van der Waals surface area contributed by atoms with Gasteiger partial charge in [-0.15, -0.1) is 11.8 Å². The number of nitrogens with zero attached hydrogens (tertiary/aromatic N) is 3. The minimum absolute atomic E-state index is 0.00781. The van der Waals surface area contributed by atoms with Crippen LogP contribution in [0.4, 0.5) is 0 Å². The fraction of sp³-hybridized carbons (Fsp3) is 0.750. The molecule has 8 heteroatoms. The van der Waals surface area contributed by atoms with Crippen LogP contribution in [0.1, 0.15) is 54.9 Å². The number of likely N-dealkylation sites (tertiary alicyclic amines) is 1. The standard InChI is InChI=1S/C28H43N3O4S/c1-17(2)18(15-32)31-22-25(35)30(27(6,7)16-26(3,4)5)14-10-12-28(22)21(24(31)34)20-19(36-28)11-9-13-29(8)23(20)33/h9-12,17-22,32H,13-16H2,1-8H3/t18-,19+,20-,21-,22?,28-/m0/s1. The summed E-state index contributed by atoms with van der Waals surface area (Å²) in [6.45, 7) is 15.4. The van der Waals surface area contributed by atoms with Crippen molar-refractivity contribution in [1.29, 1.82) is 0 Å². The molecule has 0 aromatic heterocycles. The summed E-state index contributed by atoms with van der Waals surface area (Å²) in [7, 11) is 1.77. The monoisotopic (exact) mass is 517 g/mol. The average molecular weight is 518 g/mol. The Morgan fingerprint density at radius 2 is 1.72 bits per heavy atom. The van der Waals surface area contributed by atoms with Crippen molar-refractivity contribution >= 4 is 29.5 Å². The minimum Gasteiger partial charge on any atom is -0.394 e. The van der Waals surface area contributed by atoms with Crippen molar-refractivity contribution in [3.63, 3.8) is 0 Å². The van der Waals surface area contributed by atoms with Gasteiger partial charge in [0.25, 0.3) is 0 Å². The molecule has 0 bridgehead atoms. The van der Waals surface area contributed by atoms with Gasteiger partial charge in [0, 0.05) is 30.9 Å². The first-order chi connectivity index (χ1) is 16.7. The highest BCUT2D eigenvalue weighted by atomic mass is 32.2. The minimum atomic E-state index is -0.851. The van der Waals surface area contributed by atoms with E-state index in [0.29, 0.717) is 13.1 Å². The summed E-state index contributed by atoms with van der Waals surface area (Å²) in [5.41, 5.74) is -0.429. The van der Waals surface area contributed by atoms with E-state index in [-0.39, 0.29) is 40.9 Å². The molecule has 3 amide bonds. The molecule has 200 valence electrons. The number of hydrogen-bond donors (Lipinski definition) is 1. The third-order valence-electron chi connectivity index (χ3n) is 8.31. The Hall–Kier alpha value is -1.80. The van der Waals surface area contributed by atoms with E-state index in [1.54, 1.807) is 28.6 Å². The molecule has 0 saturated carbocycles. The summed E-state index contributed by atoms with van der Waals surface area (Å²) in [4.78, 5) is 47.7. The number of rotatable bonds is 5. The number of fused-ring (bicyclic) bond motifs is 2. The largest absolute Gasteiger partial charge is 0.394 e. The Morgan fingerprint density at radius 3 is 2.31 bits per heavy atom. The van der Waals surface area contributed by atoms with Gasteiger partial charge in [-0.1, -0.05) is 58.9 Å². The van der Waals surface area contributed by atoms with Crippen LogP contribution in [0.5, 0.6) is 0 Å². The molecule has 0 radical (unpaired) electrons. The Labute approximate surface area is 220 Å². The number of hydrogen-bond acceptors (Lipinski definition) is 5. The topological polar surface area (TPSA) is 81.2 Å². The third-order valence-corrected chi connectivity index (χ3v) is 10.0. The summed E-state index contributed by atoms with van der Waals surface area (Å²) in [5, 5.41) is 10.2. The predicted molar refractivity (Wildman–Crippen MR) is 143 cm³/mol. The molecule has 36 heavy (non-hydrogen) atoms. The van der Waals surface area contributed by atoms with E-state index in [1.807, 2.05) is 30.9 Å². The van der Waals surface area contributed by atoms with Crippen molar-refractivity contribution in [2.24, 2.45) is 23.2 Å². The molecule has 1 spiro atoms. The van der Waals surface area contributed by atoms with Crippen LogP contribution >= 0.6 is 11.8 Å². The van der Waals surface area contributed by atoms with E-state index in [4.69, 9.17) is 0 Å². The van der Waals surface area contributed by atoms with Crippen molar-refractivity contribution in [3.05, 3.63) is 24.3 Å². The Morgan fingerprint density at radius 1 is 1.06 bits per heavy atom. The fourth-order valence-corrected chi connectivity index (χ4v) is 9.11. The number of carbonyl (C=O) groups excluding carboxylic acids is 3. The van der Waals surface area contributed by atoms with Gasteiger partial charge in [-0.2, -0.15) is 0 Å². The molecule has 6 atom stereocenters. The molecular weight excluding hydrogens is 474 g/mol. The Balaban J connectivity index is 1.87. The van der Waals surface area contributed by atoms with Crippen LogP contribution in [0.15, 0.2) is 24.3 Å². The number of thioether (sulfide) groups is 1. The highest BCUT2D eigenvalue weighted by Crippen LogP contribution is 2.61. The lowest BCUT2D eigenvalue weighted by atomic mass is 9.77. The quantitative estimate of drug-likeness (QED) is 0.567. The molecule has 2 saturated heterocycles. The van der Waals surface area contributed by atoms with Crippen LogP contribution in [0.3, 0.4) is 0 Å². The van der Waals surface area contributed by atoms with Crippen LogP contribution in [-0.2, 0) is 14.4 Å². The first-order valence-electron chi connectivity index (χ1n) is 13.2. The summed E-state index contributed by atoms with van der Waals surface area (Å²) >= 11 is 1.59. The molecule has 0 aliphatic carbocycles. The zero-order valence-corrected chi connectivity index (χ0v) is 23.8. The normalized spacial score (nSPS) is 33.6. The number of aliphatic hydroxyl groups is 1. The van der Waals surface area contributed by atoms with Crippen molar-refractivity contribution in [2.75, 3.05) is 26.7 Å². The molecule has 4 aliphatic heterocycles. The second-order valence-corrected chi connectivity index (χ2v) is 14.6. The molecule has 4 aliphatic rings. The Kier molecular flexibility index (Phi) is 6.95. The van der Waals surface area contributed by atoms with Gasteiger partial charge in [0.1, 0.15) is 6.04 Å². The lowest BCUT2D eigenvalue weighted by molar-refractivity contribution is -0.150. The van der Waals surface area contributed by atoms with Crippen LogP contribution in [0, 0.1) is 23.2 Å². The van der Waals surface area contributed by atoms with E-state index in [2.05, 4.69) is 46.8 Å². The maximum Gasteiger partial charge on any atom is 0.247 e. The summed E-state index contributed by atoms with van der Waals surface area (Å²) in [6.07, 6.45) is 8.94. The van der Waals surface area contributed by atoms with Gasteiger partial charge >= 0.3 is 0 Å². The second-order valence-electron chi connectivity index (χ2n) is 13.1. The molecule has 7 nitrogen and oxygen atoms in total. The van der Waals surface area contributed by atoms with E-state index < -0.39 is 34.2 Å². The average Bonchev–Trinajstić information content (AvgIpc) is 3.06. The van der Waals surface area contributed by atoms with E-state index in [1.165, 1.54) is 0 Å². The van der Waals surface area contributed by atoms with Crippen molar-refractivity contribution in [2.45, 2.75) is 82.5 Å². The molecule has 0 aromatic rings. The molecule has 4 rings (SSSR count). The molecule has 1 N–H and O–H groups in total. The van der Waals surface area contributed by atoms with Crippen LogP contribution in [0.2, 0.25) is 0 Å². The summed E-state index contributed by atoms with van der Waals surface area (Å²) < 4.78 is -0.851. The smallest absolute Gasteiger partial charge is 0.247 e. The fourth-order valence-electron chi connectivity index (χ4n) is 7.12. The number of carbonyl (C=O) groups is 3. The molecule has 0 aromatic carbocycles. The van der Waals surface area contributed by atoms with Crippen LogP contribution in [-0.4, -0.2) is 91.9 Å². The van der Waals surface area contributed by atoms with Gasteiger partial charge in [0.05, 0.1) is 29.2 Å². The lowest BCUT2D eigenvalue weighted by Gasteiger charge is -2.45. The summed E-state index contributed by atoms with van der Waals surface area (Å²) in [6, 6.07) is -1.27. The number of amides is 3. The van der Waals surface area contributed by atoms with Gasteiger partial charge < -0.3 is 19.8 Å². The SMILES string of the molecule is CC(C)[C@H](CO)N1C(=O)[C@@H]2[C@H]3C(=O)N(C)CC=C[C@H]3S[C@@]23C=CCN(C(C)(C)CC(C)(C)C)C(=O)C13. The summed E-state index contributed by atoms with van der Waals surface area (Å²) in [5.74, 6) is -1.53. The van der Waals surface area contributed by atoms with Crippen LogP contribution < -0.4 is 0 Å². The first kappa shape index (κ1) is 27.2. The molecule has 4 heterocycles. The maximum atomic E-state index is 14.6.